The van der Waals surface area contributed by atoms with Crippen LogP contribution in [0.4, 0.5) is 11.5 Å². The van der Waals surface area contributed by atoms with Crippen LogP contribution in [0.3, 0.4) is 0 Å². The lowest BCUT2D eigenvalue weighted by Gasteiger charge is -2.18. The van der Waals surface area contributed by atoms with Gasteiger partial charge in [0.05, 0.1) is 5.69 Å². The molecule has 1 aromatic heterocycles. The van der Waals surface area contributed by atoms with Gasteiger partial charge in [-0.3, -0.25) is 0 Å². The summed E-state index contributed by atoms with van der Waals surface area (Å²) in [4.78, 5) is 6.24. The molecule has 0 fully saturated rings. The van der Waals surface area contributed by atoms with Crippen molar-refractivity contribution in [2.75, 3.05) is 37.8 Å². The number of nitrogens with zero attached hydrogens (tertiary/aromatic N) is 2. The molecule has 0 amide bonds. The van der Waals surface area contributed by atoms with Gasteiger partial charge in [0.1, 0.15) is 0 Å². The molecule has 0 aliphatic rings. The van der Waals surface area contributed by atoms with E-state index in [9.17, 15) is 0 Å². The summed E-state index contributed by atoms with van der Waals surface area (Å²) in [5.74, 6) is 0.845. The van der Waals surface area contributed by atoms with Gasteiger partial charge in [0.25, 0.3) is 0 Å². The van der Waals surface area contributed by atoms with Crippen molar-refractivity contribution in [2.24, 2.45) is 0 Å². The van der Waals surface area contributed by atoms with E-state index in [2.05, 4.69) is 10.3 Å². The average molecular weight is 180 g/mol. The lowest BCUT2D eigenvalue weighted by atomic mass is 10.3. The third-order valence-electron chi connectivity index (χ3n) is 1.88. The van der Waals surface area contributed by atoms with E-state index in [1.165, 1.54) is 0 Å². The first-order chi connectivity index (χ1) is 6.25. The minimum atomic E-state index is 0.723. The second-order valence-corrected chi connectivity index (χ2v) is 2.94. The first-order valence-corrected chi connectivity index (χ1v) is 4.32. The Kier molecular flexibility index (Phi) is 3.52. The second kappa shape index (κ2) is 4.67. The molecule has 72 valence electrons. The van der Waals surface area contributed by atoms with Gasteiger partial charge in [-0.15, -0.1) is 0 Å². The highest BCUT2D eigenvalue weighted by Gasteiger charge is 2.04. The molecule has 13 heavy (non-hydrogen) atoms. The number of anilines is 2. The predicted octanol–water partition coefficient (Wildman–Crippen LogP) is 0.319. The summed E-state index contributed by atoms with van der Waals surface area (Å²) in [6, 6.07) is 3.70. The molecular formula is C9H16N4. The largest absolute Gasteiger partial charge is 0.396 e. The molecule has 0 saturated carbocycles. The molecule has 3 N–H and O–H groups in total. The highest BCUT2D eigenvalue weighted by Crippen LogP contribution is 2.16. The van der Waals surface area contributed by atoms with Crippen LogP contribution in [-0.2, 0) is 0 Å². The van der Waals surface area contributed by atoms with Crippen LogP contribution in [0.5, 0.6) is 0 Å². The number of nitrogens with two attached hydrogens (primary N) is 1. The lowest BCUT2D eigenvalue weighted by Crippen LogP contribution is -2.28. The van der Waals surface area contributed by atoms with Crippen molar-refractivity contribution in [1.82, 2.24) is 10.3 Å². The van der Waals surface area contributed by atoms with E-state index >= 15 is 0 Å². The zero-order valence-electron chi connectivity index (χ0n) is 8.12. The minimum absolute atomic E-state index is 0.723. The average Bonchev–Trinajstić information content (AvgIpc) is 2.15. The number of rotatable bonds is 4. The van der Waals surface area contributed by atoms with Gasteiger partial charge >= 0.3 is 0 Å². The third kappa shape index (κ3) is 2.59. The molecule has 0 atom stereocenters. The molecule has 4 heteroatoms. The molecule has 4 nitrogen and oxygen atoms in total. The Balaban J connectivity index is 2.65. The summed E-state index contributed by atoms with van der Waals surface area (Å²) in [5.41, 5.74) is 6.49. The molecule has 1 heterocycles. The maximum absolute atomic E-state index is 5.77. The monoisotopic (exact) mass is 180 g/mol. The van der Waals surface area contributed by atoms with Crippen LogP contribution in [0.15, 0.2) is 18.3 Å². The minimum Gasteiger partial charge on any atom is -0.396 e. The number of hydrogen-bond acceptors (Lipinski definition) is 4. The van der Waals surface area contributed by atoms with E-state index in [4.69, 9.17) is 5.73 Å². The van der Waals surface area contributed by atoms with Gasteiger partial charge in [-0.2, -0.15) is 0 Å². The maximum Gasteiger partial charge on any atom is 0.151 e. The summed E-state index contributed by atoms with van der Waals surface area (Å²) in [5, 5.41) is 3.08. The van der Waals surface area contributed by atoms with Crippen LogP contribution < -0.4 is 16.0 Å². The molecule has 0 spiro atoms. The van der Waals surface area contributed by atoms with Crippen LogP contribution in [0.1, 0.15) is 0 Å². The fraction of sp³-hybridized carbons (Fsp3) is 0.444. The summed E-state index contributed by atoms with van der Waals surface area (Å²) in [6.07, 6.45) is 1.75. The van der Waals surface area contributed by atoms with E-state index in [1.807, 2.05) is 31.1 Å². The Morgan fingerprint density at radius 1 is 1.62 bits per heavy atom. The van der Waals surface area contributed by atoms with Crippen molar-refractivity contribution in [3.63, 3.8) is 0 Å². The van der Waals surface area contributed by atoms with E-state index in [-0.39, 0.29) is 0 Å². The van der Waals surface area contributed by atoms with Crippen LogP contribution >= 0.6 is 0 Å². The third-order valence-corrected chi connectivity index (χ3v) is 1.88. The Hall–Kier alpha value is -1.29. The summed E-state index contributed by atoms with van der Waals surface area (Å²) in [6.45, 7) is 1.82. The molecule has 0 aliphatic heterocycles. The maximum atomic E-state index is 5.77. The van der Waals surface area contributed by atoms with Gasteiger partial charge < -0.3 is 16.0 Å². The number of likely N-dealkylation sites (N-methyl/N-ethyl adjacent to an activating group) is 2. The van der Waals surface area contributed by atoms with Gasteiger partial charge in [-0.05, 0) is 19.2 Å². The molecule has 0 saturated heterocycles. The van der Waals surface area contributed by atoms with Crippen LogP contribution in [0.2, 0.25) is 0 Å². The van der Waals surface area contributed by atoms with Gasteiger partial charge in [-0.1, -0.05) is 0 Å². The predicted molar refractivity (Wildman–Crippen MR) is 55.8 cm³/mol. The van der Waals surface area contributed by atoms with Crippen molar-refractivity contribution in [2.45, 2.75) is 0 Å². The van der Waals surface area contributed by atoms with Crippen molar-refractivity contribution < 1.29 is 0 Å². The van der Waals surface area contributed by atoms with Crippen molar-refractivity contribution in [3.8, 4) is 0 Å². The van der Waals surface area contributed by atoms with Crippen molar-refractivity contribution in [3.05, 3.63) is 18.3 Å². The van der Waals surface area contributed by atoms with Crippen molar-refractivity contribution in [1.29, 1.82) is 0 Å². The quantitative estimate of drug-likeness (QED) is 0.700. The van der Waals surface area contributed by atoms with Crippen molar-refractivity contribution >= 4 is 11.5 Å². The second-order valence-electron chi connectivity index (χ2n) is 2.94. The highest BCUT2D eigenvalue weighted by molar-refractivity contribution is 5.61. The van der Waals surface area contributed by atoms with E-state index in [0.717, 1.165) is 24.6 Å². The van der Waals surface area contributed by atoms with E-state index < -0.39 is 0 Å². The first-order valence-electron chi connectivity index (χ1n) is 4.32. The SMILES string of the molecule is CNCCN(C)c1ncccc1N. The summed E-state index contributed by atoms with van der Waals surface area (Å²) in [7, 11) is 3.91. The van der Waals surface area contributed by atoms with Crippen LogP contribution in [-0.4, -0.2) is 32.2 Å². The van der Waals surface area contributed by atoms with Crippen LogP contribution in [0, 0.1) is 0 Å². The highest BCUT2D eigenvalue weighted by atomic mass is 15.2. The van der Waals surface area contributed by atoms with Gasteiger partial charge in [0.15, 0.2) is 5.82 Å². The Labute approximate surface area is 78.8 Å². The number of aromatic nitrogens is 1. The van der Waals surface area contributed by atoms with Gasteiger partial charge in [-0.25, -0.2) is 4.98 Å². The zero-order chi connectivity index (χ0) is 9.68. The van der Waals surface area contributed by atoms with Crippen LogP contribution in [0.25, 0.3) is 0 Å². The normalized spacial score (nSPS) is 10.0. The molecule has 1 aromatic rings. The smallest absolute Gasteiger partial charge is 0.151 e. The molecule has 0 aromatic carbocycles. The lowest BCUT2D eigenvalue weighted by molar-refractivity contribution is 0.762. The summed E-state index contributed by atoms with van der Waals surface area (Å²) < 4.78 is 0. The molecule has 0 radical (unpaired) electrons. The molecule has 0 aliphatic carbocycles. The first kappa shape index (κ1) is 9.80. The zero-order valence-corrected chi connectivity index (χ0v) is 8.12. The molecule has 0 unspecified atom stereocenters. The van der Waals surface area contributed by atoms with Gasteiger partial charge in [0.2, 0.25) is 0 Å². The number of nitrogen functional groups attached to an aromatic ring is 1. The molecule has 1 rings (SSSR count). The fourth-order valence-corrected chi connectivity index (χ4v) is 1.11. The summed E-state index contributed by atoms with van der Waals surface area (Å²) >= 11 is 0. The Morgan fingerprint density at radius 3 is 3.00 bits per heavy atom. The fourth-order valence-electron chi connectivity index (χ4n) is 1.11. The number of nitrogens with one attached hydrogen (secondary N) is 1. The Bertz CT molecular complexity index is 262. The van der Waals surface area contributed by atoms with E-state index in [1.54, 1.807) is 6.20 Å². The Morgan fingerprint density at radius 2 is 2.38 bits per heavy atom. The number of hydrogen-bond donors (Lipinski definition) is 2. The molecule has 0 bridgehead atoms. The topological polar surface area (TPSA) is 54.2 Å². The number of pyridine rings is 1. The molecular weight excluding hydrogens is 164 g/mol. The van der Waals surface area contributed by atoms with E-state index in [0.29, 0.717) is 0 Å². The standard InChI is InChI=1S/C9H16N4/c1-11-6-7-13(2)9-8(10)4-3-5-12-9/h3-5,11H,6-7,10H2,1-2H3. The van der Waals surface area contributed by atoms with Gasteiger partial charge in [0, 0.05) is 26.3 Å².